The van der Waals surface area contributed by atoms with E-state index in [-0.39, 0.29) is 0 Å². The first-order valence-electron chi connectivity index (χ1n) is 6.86. The first-order chi connectivity index (χ1) is 7.81. The number of aliphatic hydroxyl groups excluding tert-OH is 1. The summed E-state index contributed by atoms with van der Waals surface area (Å²) in [6.07, 6.45) is 15.3. The van der Waals surface area contributed by atoms with Gasteiger partial charge in [0.15, 0.2) is 0 Å². The van der Waals surface area contributed by atoms with Gasteiger partial charge in [0.2, 0.25) is 0 Å². The van der Waals surface area contributed by atoms with Crippen LogP contribution in [-0.4, -0.2) is 17.8 Å². The van der Waals surface area contributed by atoms with Gasteiger partial charge in [-0.2, -0.15) is 0 Å². The second-order valence-electron chi connectivity index (χ2n) is 4.49. The van der Waals surface area contributed by atoms with E-state index in [1.54, 1.807) is 6.08 Å². The van der Waals surface area contributed by atoms with Gasteiger partial charge in [-0.1, -0.05) is 64.0 Å². The lowest BCUT2D eigenvalue weighted by Crippen LogP contribution is -2.16. The molecule has 0 aromatic heterocycles. The molecule has 16 heavy (non-hydrogen) atoms. The van der Waals surface area contributed by atoms with Crippen LogP contribution in [-0.2, 0) is 0 Å². The molecule has 0 aromatic rings. The van der Waals surface area contributed by atoms with Gasteiger partial charge >= 0.3 is 0 Å². The molecule has 3 N–H and O–H groups in total. The van der Waals surface area contributed by atoms with Gasteiger partial charge in [0.05, 0.1) is 6.10 Å². The molecule has 2 heteroatoms. The molecular formula is C14H29NO. The molecule has 0 saturated heterocycles. The van der Waals surface area contributed by atoms with Crippen LogP contribution in [0.4, 0.5) is 0 Å². The van der Waals surface area contributed by atoms with Crippen molar-refractivity contribution in [2.45, 2.75) is 70.8 Å². The van der Waals surface area contributed by atoms with E-state index in [1.165, 1.54) is 51.4 Å². The monoisotopic (exact) mass is 227 g/mol. The summed E-state index contributed by atoms with van der Waals surface area (Å²) in [5.74, 6) is 0. The normalized spacial score (nSPS) is 13.4. The van der Waals surface area contributed by atoms with Crippen LogP contribution in [0, 0.1) is 0 Å². The summed E-state index contributed by atoms with van der Waals surface area (Å²) in [4.78, 5) is 0. The quantitative estimate of drug-likeness (QED) is 0.420. The zero-order valence-corrected chi connectivity index (χ0v) is 10.8. The number of rotatable bonds is 11. The van der Waals surface area contributed by atoms with Crippen LogP contribution in [0.25, 0.3) is 0 Å². The fraction of sp³-hybridized carbons (Fsp3) is 0.857. The van der Waals surface area contributed by atoms with Crippen molar-refractivity contribution in [3.8, 4) is 0 Å². The summed E-state index contributed by atoms with van der Waals surface area (Å²) < 4.78 is 0. The molecule has 0 aliphatic carbocycles. The van der Waals surface area contributed by atoms with Gasteiger partial charge in [-0.25, -0.2) is 0 Å². The molecule has 96 valence electrons. The molecule has 0 radical (unpaired) electrons. The minimum absolute atomic E-state index is 0.327. The number of aliphatic hydroxyl groups is 1. The molecule has 0 bridgehead atoms. The maximum absolute atomic E-state index is 9.17. The second kappa shape index (κ2) is 12.7. The Bertz CT molecular complexity index is 157. The lowest BCUT2D eigenvalue weighted by atomic mass is 10.1. The highest BCUT2D eigenvalue weighted by molar-refractivity contribution is 4.88. The number of unbranched alkanes of at least 4 members (excludes halogenated alkanes) is 8. The number of allylic oxidation sites excluding steroid dienone is 1. The van der Waals surface area contributed by atoms with Crippen molar-refractivity contribution in [2.24, 2.45) is 5.73 Å². The second-order valence-corrected chi connectivity index (χ2v) is 4.49. The van der Waals surface area contributed by atoms with E-state index in [2.05, 4.69) is 13.0 Å². The Morgan fingerprint density at radius 2 is 1.56 bits per heavy atom. The zero-order chi connectivity index (χ0) is 12.1. The zero-order valence-electron chi connectivity index (χ0n) is 10.8. The Hall–Kier alpha value is -0.340. The fourth-order valence-corrected chi connectivity index (χ4v) is 1.73. The number of hydrogen-bond acceptors (Lipinski definition) is 2. The Morgan fingerprint density at radius 1 is 1.00 bits per heavy atom. The smallest absolute Gasteiger partial charge is 0.0843 e. The summed E-state index contributed by atoms with van der Waals surface area (Å²) in [6, 6.07) is 0. The van der Waals surface area contributed by atoms with Crippen LogP contribution in [0.3, 0.4) is 0 Å². The van der Waals surface area contributed by atoms with Crippen LogP contribution in [0.1, 0.15) is 64.7 Å². The van der Waals surface area contributed by atoms with Crippen molar-refractivity contribution in [1.29, 1.82) is 0 Å². The van der Waals surface area contributed by atoms with E-state index in [9.17, 15) is 0 Å². The molecule has 0 saturated carbocycles. The summed E-state index contributed by atoms with van der Waals surface area (Å²) in [5, 5.41) is 9.17. The maximum atomic E-state index is 9.17. The summed E-state index contributed by atoms with van der Waals surface area (Å²) in [6.45, 7) is 2.58. The molecule has 2 nitrogen and oxygen atoms in total. The van der Waals surface area contributed by atoms with Gasteiger partial charge in [0.1, 0.15) is 0 Å². The minimum atomic E-state index is -0.450. The van der Waals surface area contributed by atoms with Crippen molar-refractivity contribution < 1.29 is 5.11 Å². The highest BCUT2D eigenvalue weighted by Gasteiger charge is 1.92. The van der Waals surface area contributed by atoms with Crippen LogP contribution >= 0.6 is 0 Å². The lowest BCUT2D eigenvalue weighted by molar-refractivity contribution is 0.231. The number of nitrogens with two attached hydrogens (primary N) is 1. The van der Waals surface area contributed by atoms with E-state index in [1.807, 2.05) is 0 Å². The maximum Gasteiger partial charge on any atom is 0.0843 e. The Morgan fingerprint density at radius 3 is 2.12 bits per heavy atom. The van der Waals surface area contributed by atoms with Gasteiger partial charge < -0.3 is 10.8 Å². The third kappa shape index (κ3) is 11.7. The van der Waals surface area contributed by atoms with Crippen LogP contribution in [0.2, 0.25) is 0 Å². The highest BCUT2D eigenvalue weighted by Crippen LogP contribution is 2.09. The van der Waals surface area contributed by atoms with Crippen LogP contribution in [0.5, 0.6) is 0 Å². The first kappa shape index (κ1) is 15.7. The standard InChI is InChI=1S/C14H29NO/c1-2-3-4-5-6-7-8-9-10-11-12-14(16)13-15/h11-12,14,16H,2-10,13,15H2,1H3. The highest BCUT2D eigenvalue weighted by atomic mass is 16.3. The third-order valence-electron chi connectivity index (χ3n) is 2.82. The molecule has 0 aromatic carbocycles. The Labute approximate surface area is 101 Å². The van der Waals surface area contributed by atoms with E-state index >= 15 is 0 Å². The average molecular weight is 227 g/mol. The topological polar surface area (TPSA) is 46.2 Å². The lowest BCUT2D eigenvalue weighted by Gasteiger charge is -2.01. The summed E-state index contributed by atoms with van der Waals surface area (Å²) in [5.41, 5.74) is 5.29. The summed E-state index contributed by atoms with van der Waals surface area (Å²) >= 11 is 0. The predicted molar refractivity (Wildman–Crippen MR) is 71.4 cm³/mol. The van der Waals surface area contributed by atoms with E-state index < -0.39 is 6.10 Å². The first-order valence-corrected chi connectivity index (χ1v) is 6.86. The predicted octanol–water partition coefficient (Wildman–Crippen LogP) is 3.39. The molecule has 0 aliphatic rings. The van der Waals surface area contributed by atoms with Gasteiger partial charge in [-0.3, -0.25) is 0 Å². The molecule has 0 heterocycles. The van der Waals surface area contributed by atoms with Gasteiger partial charge in [-0.05, 0) is 12.8 Å². The van der Waals surface area contributed by atoms with Crippen LogP contribution in [0.15, 0.2) is 12.2 Å². The van der Waals surface area contributed by atoms with Crippen molar-refractivity contribution in [1.82, 2.24) is 0 Å². The van der Waals surface area contributed by atoms with Crippen molar-refractivity contribution in [3.05, 3.63) is 12.2 Å². The van der Waals surface area contributed by atoms with Crippen molar-refractivity contribution in [3.63, 3.8) is 0 Å². The fourth-order valence-electron chi connectivity index (χ4n) is 1.73. The Kier molecular flexibility index (Phi) is 12.5. The minimum Gasteiger partial charge on any atom is -0.388 e. The molecule has 1 unspecified atom stereocenters. The van der Waals surface area contributed by atoms with Gasteiger partial charge in [-0.15, -0.1) is 0 Å². The van der Waals surface area contributed by atoms with Gasteiger partial charge in [0.25, 0.3) is 0 Å². The molecule has 0 fully saturated rings. The van der Waals surface area contributed by atoms with Crippen LogP contribution < -0.4 is 5.73 Å². The molecule has 0 rings (SSSR count). The average Bonchev–Trinajstić information content (AvgIpc) is 2.31. The molecule has 0 spiro atoms. The third-order valence-corrected chi connectivity index (χ3v) is 2.82. The molecule has 1 atom stereocenters. The molecular weight excluding hydrogens is 198 g/mol. The van der Waals surface area contributed by atoms with Crippen molar-refractivity contribution in [2.75, 3.05) is 6.54 Å². The van der Waals surface area contributed by atoms with Gasteiger partial charge in [0, 0.05) is 6.54 Å². The SMILES string of the molecule is CCCCCCCCCCC=CC(O)CN. The molecule has 0 amide bonds. The number of hydrogen-bond donors (Lipinski definition) is 2. The van der Waals surface area contributed by atoms with E-state index in [0.717, 1.165) is 6.42 Å². The largest absolute Gasteiger partial charge is 0.388 e. The van der Waals surface area contributed by atoms with E-state index in [0.29, 0.717) is 6.54 Å². The summed E-state index contributed by atoms with van der Waals surface area (Å²) in [7, 11) is 0. The van der Waals surface area contributed by atoms with E-state index in [4.69, 9.17) is 10.8 Å². The Balaban J connectivity index is 3.06. The molecule has 0 aliphatic heterocycles. The van der Waals surface area contributed by atoms with Crippen molar-refractivity contribution >= 4 is 0 Å².